The number of methoxy groups -OCH3 is 1. The number of carbonyl (C=O) groups is 2. The van der Waals surface area contributed by atoms with Crippen LogP contribution in [-0.4, -0.2) is 35.6 Å². The van der Waals surface area contributed by atoms with Crippen molar-refractivity contribution in [2.45, 2.75) is 0 Å². The van der Waals surface area contributed by atoms with Gasteiger partial charge in [0.2, 0.25) is 0 Å². The summed E-state index contributed by atoms with van der Waals surface area (Å²) in [6.45, 7) is -0.474. The molecule has 1 amide bonds. The highest BCUT2D eigenvalue weighted by Crippen LogP contribution is 2.27. The SMILES string of the molecule is COc1ccc(-c2cc(C(=O)OCC(=O)Nc3cccnc3Cl)c3ccccc3n2)cc1. The van der Waals surface area contributed by atoms with E-state index in [9.17, 15) is 9.59 Å². The van der Waals surface area contributed by atoms with Gasteiger partial charge in [-0.25, -0.2) is 14.8 Å². The molecule has 0 saturated heterocycles. The van der Waals surface area contributed by atoms with E-state index in [1.807, 2.05) is 42.5 Å². The number of nitrogens with zero attached hydrogens (tertiary/aromatic N) is 2. The van der Waals surface area contributed by atoms with Crippen molar-refractivity contribution in [3.05, 3.63) is 83.6 Å². The second-order valence-corrected chi connectivity index (χ2v) is 7.12. The maximum atomic E-state index is 12.9. The Bertz CT molecular complexity index is 1290. The second kappa shape index (κ2) is 9.45. The molecule has 0 aliphatic heterocycles. The Morgan fingerprint density at radius 1 is 1.03 bits per heavy atom. The van der Waals surface area contributed by atoms with Gasteiger partial charge >= 0.3 is 5.97 Å². The van der Waals surface area contributed by atoms with Gasteiger partial charge in [0.05, 0.1) is 29.6 Å². The zero-order chi connectivity index (χ0) is 22.5. The maximum absolute atomic E-state index is 12.9. The lowest BCUT2D eigenvalue weighted by atomic mass is 10.0. The Labute approximate surface area is 189 Å². The molecule has 2 heterocycles. The van der Waals surface area contributed by atoms with E-state index in [0.29, 0.717) is 33.6 Å². The first-order valence-electron chi connectivity index (χ1n) is 9.67. The number of amides is 1. The van der Waals surface area contributed by atoms with Crippen molar-refractivity contribution >= 4 is 40.1 Å². The summed E-state index contributed by atoms with van der Waals surface area (Å²) in [5.41, 5.74) is 2.71. The topological polar surface area (TPSA) is 90.4 Å². The third kappa shape index (κ3) is 4.68. The quantitative estimate of drug-likeness (QED) is 0.338. The number of esters is 1. The van der Waals surface area contributed by atoms with Crippen LogP contribution in [0.1, 0.15) is 10.4 Å². The third-order valence-corrected chi connectivity index (χ3v) is 4.99. The second-order valence-electron chi connectivity index (χ2n) is 6.77. The summed E-state index contributed by atoms with van der Waals surface area (Å²) in [6.07, 6.45) is 1.51. The number of hydrogen-bond acceptors (Lipinski definition) is 6. The van der Waals surface area contributed by atoms with E-state index in [2.05, 4.69) is 15.3 Å². The number of carbonyl (C=O) groups excluding carboxylic acids is 2. The van der Waals surface area contributed by atoms with Gasteiger partial charge in [-0.3, -0.25) is 4.79 Å². The van der Waals surface area contributed by atoms with Crippen LogP contribution in [0.3, 0.4) is 0 Å². The maximum Gasteiger partial charge on any atom is 0.339 e. The molecular weight excluding hydrogens is 430 g/mol. The van der Waals surface area contributed by atoms with E-state index in [1.165, 1.54) is 6.20 Å². The summed E-state index contributed by atoms with van der Waals surface area (Å²) in [5.74, 6) is -0.443. The molecular formula is C24H18ClN3O4. The molecule has 0 spiro atoms. The van der Waals surface area contributed by atoms with Crippen molar-refractivity contribution in [2.24, 2.45) is 0 Å². The Balaban J connectivity index is 1.57. The first kappa shape index (κ1) is 21.3. The summed E-state index contributed by atoms with van der Waals surface area (Å²) >= 11 is 5.94. The van der Waals surface area contributed by atoms with E-state index < -0.39 is 18.5 Å². The van der Waals surface area contributed by atoms with Crippen LogP contribution in [0.25, 0.3) is 22.2 Å². The molecule has 4 rings (SSSR count). The number of benzene rings is 2. The predicted molar refractivity (Wildman–Crippen MR) is 122 cm³/mol. The largest absolute Gasteiger partial charge is 0.497 e. The van der Waals surface area contributed by atoms with Crippen LogP contribution in [0, 0.1) is 0 Å². The lowest BCUT2D eigenvalue weighted by molar-refractivity contribution is -0.119. The molecule has 0 fully saturated rings. The van der Waals surface area contributed by atoms with Crippen LogP contribution in [0.2, 0.25) is 5.15 Å². The van der Waals surface area contributed by atoms with Gasteiger partial charge in [-0.15, -0.1) is 0 Å². The molecule has 4 aromatic rings. The smallest absolute Gasteiger partial charge is 0.339 e. The first-order chi connectivity index (χ1) is 15.5. The van der Waals surface area contributed by atoms with Crippen LogP contribution in [0.15, 0.2) is 72.9 Å². The molecule has 0 bridgehead atoms. The zero-order valence-corrected chi connectivity index (χ0v) is 17.8. The normalized spacial score (nSPS) is 10.6. The summed E-state index contributed by atoms with van der Waals surface area (Å²) in [7, 11) is 1.59. The minimum Gasteiger partial charge on any atom is -0.497 e. The van der Waals surface area contributed by atoms with Crippen molar-refractivity contribution in [1.82, 2.24) is 9.97 Å². The highest BCUT2D eigenvalue weighted by molar-refractivity contribution is 6.32. The lowest BCUT2D eigenvalue weighted by Crippen LogP contribution is -2.21. The van der Waals surface area contributed by atoms with Gasteiger partial charge in [0.25, 0.3) is 5.91 Å². The number of pyridine rings is 2. The number of rotatable bonds is 6. The molecule has 0 saturated carbocycles. The number of para-hydroxylation sites is 1. The van der Waals surface area contributed by atoms with Crippen molar-refractivity contribution < 1.29 is 19.1 Å². The fraction of sp³-hybridized carbons (Fsp3) is 0.0833. The number of anilines is 1. The zero-order valence-electron chi connectivity index (χ0n) is 17.0. The molecule has 2 aromatic carbocycles. The Kier molecular flexibility index (Phi) is 6.28. The summed E-state index contributed by atoms with van der Waals surface area (Å²) in [5, 5.41) is 3.35. The fourth-order valence-corrected chi connectivity index (χ4v) is 3.29. The van der Waals surface area contributed by atoms with Gasteiger partial charge < -0.3 is 14.8 Å². The molecule has 32 heavy (non-hydrogen) atoms. The summed E-state index contributed by atoms with van der Waals surface area (Å²) in [4.78, 5) is 33.6. The summed E-state index contributed by atoms with van der Waals surface area (Å²) in [6, 6.07) is 19.5. The van der Waals surface area contributed by atoms with Crippen molar-refractivity contribution in [3.63, 3.8) is 0 Å². The van der Waals surface area contributed by atoms with Crippen LogP contribution >= 0.6 is 11.6 Å². The molecule has 0 aliphatic carbocycles. The standard InChI is InChI=1S/C24H18ClN3O4/c1-31-16-10-8-15(9-11-16)21-13-18(17-5-2-3-6-19(17)27-21)24(30)32-14-22(29)28-20-7-4-12-26-23(20)25/h2-13H,14H2,1H3,(H,28,29). The number of ether oxygens (including phenoxy) is 2. The lowest BCUT2D eigenvalue weighted by Gasteiger charge is -2.11. The van der Waals surface area contributed by atoms with Crippen LogP contribution < -0.4 is 10.1 Å². The van der Waals surface area contributed by atoms with Crippen LogP contribution in [0.4, 0.5) is 5.69 Å². The van der Waals surface area contributed by atoms with Gasteiger partial charge in [-0.1, -0.05) is 29.8 Å². The van der Waals surface area contributed by atoms with Crippen molar-refractivity contribution in [2.75, 3.05) is 19.0 Å². The van der Waals surface area contributed by atoms with E-state index in [4.69, 9.17) is 21.1 Å². The third-order valence-electron chi connectivity index (χ3n) is 4.69. The highest BCUT2D eigenvalue weighted by atomic mass is 35.5. The Morgan fingerprint density at radius 2 is 1.81 bits per heavy atom. The van der Waals surface area contributed by atoms with E-state index in [0.717, 1.165) is 5.56 Å². The number of nitrogens with one attached hydrogen (secondary N) is 1. The van der Waals surface area contributed by atoms with Crippen molar-refractivity contribution in [1.29, 1.82) is 0 Å². The minimum absolute atomic E-state index is 0.149. The fourth-order valence-electron chi connectivity index (χ4n) is 3.13. The molecule has 8 heteroatoms. The molecule has 0 atom stereocenters. The predicted octanol–water partition coefficient (Wildman–Crippen LogP) is 4.75. The number of fused-ring (bicyclic) bond motifs is 1. The number of hydrogen-bond donors (Lipinski definition) is 1. The van der Waals surface area contributed by atoms with Gasteiger partial charge in [0.15, 0.2) is 11.8 Å². The van der Waals surface area contributed by atoms with E-state index in [1.54, 1.807) is 31.4 Å². The van der Waals surface area contributed by atoms with Crippen LogP contribution in [-0.2, 0) is 9.53 Å². The van der Waals surface area contributed by atoms with Gasteiger partial charge in [-0.05, 0) is 48.5 Å². The van der Waals surface area contributed by atoms with E-state index >= 15 is 0 Å². The summed E-state index contributed by atoms with van der Waals surface area (Å²) < 4.78 is 10.5. The molecule has 7 nitrogen and oxygen atoms in total. The molecule has 160 valence electrons. The number of halogens is 1. The highest BCUT2D eigenvalue weighted by Gasteiger charge is 2.17. The van der Waals surface area contributed by atoms with Crippen molar-refractivity contribution in [3.8, 4) is 17.0 Å². The minimum atomic E-state index is -0.634. The first-order valence-corrected chi connectivity index (χ1v) is 10.0. The molecule has 1 N–H and O–H groups in total. The van der Waals surface area contributed by atoms with Gasteiger partial charge in [0.1, 0.15) is 5.75 Å². The molecule has 0 unspecified atom stereocenters. The Hall–Kier alpha value is -3.97. The Morgan fingerprint density at radius 3 is 2.56 bits per heavy atom. The van der Waals surface area contributed by atoms with Gasteiger partial charge in [-0.2, -0.15) is 0 Å². The molecule has 0 radical (unpaired) electrons. The average Bonchev–Trinajstić information content (AvgIpc) is 2.83. The van der Waals surface area contributed by atoms with Crippen LogP contribution in [0.5, 0.6) is 5.75 Å². The van der Waals surface area contributed by atoms with E-state index in [-0.39, 0.29) is 5.15 Å². The molecule has 2 aromatic heterocycles. The number of aromatic nitrogens is 2. The van der Waals surface area contributed by atoms with Gasteiger partial charge in [0, 0.05) is 17.1 Å². The molecule has 0 aliphatic rings. The average molecular weight is 448 g/mol. The monoisotopic (exact) mass is 447 g/mol.